The summed E-state index contributed by atoms with van der Waals surface area (Å²) in [6, 6.07) is 15.6. The molecule has 0 aliphatic carbocycles. The number of nitrogens with zero attached hydrogens (tertiary/aromatic N) is 2. The van der Waals surface area contributed by atoms with E-state index in [2.05, 4.69) is 60.5 Å². The lowest BCUT2D eigenvalue weighted by Gasteiger charge is -2.18. The van der Waals surface area contributed by atoms with Gasteiger partial charge in [-0.2, -0.15) is 0 Å². The maximum atomic E-state index is 13.0. The number of amides is 1. The van der Waals surface area contributed by atoms with Gasteiger partial charge in [0.1, 0.15) is 17.0 Å². The van der Waals surface area contributed by atoms with Crippen molar-refractivity contribution >= 4 is 34.0 Å². The van der Waals surface area contributed by atoms with E-state index in [1.54, 1.807) is 19.1 Å². The Hall–Kier alpha value is -2.96. The Morgan fingerprint density at radius 2 is 1.81 bits per heavy atom. The van der Waals surface area contributed by atoms with Crippen LogP contribution in [0.4, 0.5) is 5.13 Å². The molecule has 2 aromatic heterocycles. The number of hydrogen-bond donors (Lipinski definition) is 1. The first-order valence-electron chi connectivity index (χ1n) is 9.83. The van der Waals surface area contributed by atoms with Gasteiger partial charge in [-0.05, 0) is 24.0 Å². The van der Waals surface area contributed by atoms with Crippen molar-refractivity contribution in [2.75, 3.05) is 5.32 Å². The van der Waals surface area contributed by atoms with E-state index in [1.807, 2.05) is 17.5 Å². The van der Waals surface area contributed by atoms with Crippen molar-refractivity contribution < 1.29 is 9.32 Å². The zero-order valence-electron chi connectivity index (χ0n) is 17.7. The van der Waals surface area contributed by atoms with E-state index < -0.39 is 0 Å². The van der Waals surface area contributed by atoms with Crippen LogP contribution in [0, 0.1) is 6.92 Å². The number of anilines is 1. The third-order valence-corrected chi connectivity index (χ3v) is 6.08. The Morgan fingerprint density at radius 3 is 2.48 bits per heavy atom. The van der Waals surface area contributed by atoms with Gasteiger partial charge in [0.05, 0.1) is 10.7 Å². The molecule has 31 heavy (non-hydrogen) atoms. The van der Waals surface area contributed by atoms with Crippen LogP contribution in [-0.4, -0.2) is 16.0 Å². The fourth-order valence-electron chi connectivity index (χ4n) is 3.24. The SMILES string of the molecule is Cc1onc(-c2ccccc2Cl)c1C(=O)Nc1nc(-c2ccc(C(C)(C)C)cc2)cs1. The summed E-state index contributed by atoms with van der Waals surface area (Å²) in [5.74, 6) is 0.0830. The van der Waals surface area contributed by atoms with Gasteiger partial charge >= 0.3 is 0 Å². The normalized spacial score (nSPS) is 11.5. The highest BCUT2D eigenvalue weighted by molar-refractivity contribution is 7.14. The van der Waals surface area contributed by atoms with Crippen molar-refractivity contribution in [1.82, 2.24) is 10.1 Å². The predicted octanol–water partition coefficient (Wildman–Crippen LogP) is 6.98. The van der Waals surface area contributed by atoms with Crippen molar-refractivity contribution in [1.29, 1.82) is 0 Å². The summed E-state index contributed by atoms with van der Waals surface area (Å²) in [6.45, 7) is 8.25. The molecule has 0 spiro atoms. The fraction of sp³-hybridized carbons (Fsp3) is 0.208. The summed E-state index contributed by atoms with van der Waals surface area (Å²) in [6.07, 6.45) is 0. The van der Waals surface area contributed by atoms with E-state index in [1.165, 1.54) is 16.9 Å². The van der Waals surface area contributed by atoms with Gasteiger partial charge in [0, 0.05) is 16.5 Å². The number of carbonyl (C=O) groups is 1. The van der Waals surface area contributed by atoms with Gasteiger partial charge in [-0.3, -0.25) is 10.1 Å². The largest absolute Gasteiger partial charge is 0.360 e. The van der Waals surface area contributed by atoms with E-state index in [0.717, 1.165) is 11.3 Å². The van der Waals surface area contributed by atoms with Crippen LogP contribution in [0.1, 0.15) is 42.5 Å². The molecule has 0 saturated carbocycles. The van der Waals surface area contributed by atoms with Gasteiger partial charge in [0.2, 0.25) is 0 Å². The Bertz CT molecular complexity index is 1240. The van der Waals surface area contributed by atoms with Crippen molar-refractivity contribution in [3.8, 4) is 22.5 Å². The second-order valence-electron chi connectivity index (χ2n) is 8.26. The highest BCUT2D eigenvalue weighted by atomic mass is 35.5. The average Bonchev–Trinajstić information content (AvgIpc) is 3.34. The fourth-order valence-corrected chi connectivity index (χ4v) is 4.18. The molecule has 2 aromatic carbocycles. The van der Waals surface area contributed by atoms with E-state index in [-0.39, 0.29) is 11.3 Å². The number of aryl methyl sites for hydroxylation is 1. The molecule has 4 rings (SSSR count). The number of carbonyl (C=O) groups excluding carboxylic acids is 1. The van der Waals surface area contributed by atoms with Crippen LogP contribution in [0.2, 0.25) is 5.02 Å². The molecule has 0 radical (unpaired) electrons. The third kappa shape index (κ3) is 4.40. The maximum absolute atomic E-state index is 13.0. The van der Waals surface area contributed by atoms with Crippen LogP contribution in [0.3, 0.4) is 0 Å². The minimum atomic E-state index is -0.336. The molecule has 0 fully saturated rings. The Labute approximate surface area is 190 Å². The Balaban J connectivity index is 1.57. The number of halogens is 1. The van der Waals surface area contributed by atoms with Crippen molar-refractivity contribution in [3.63, 3.8) is 0 Å². The topological polar surface area (TPSA) is 68.0 Å². The molecular formula is C24H22ClN3O2S. The summed E-state index contributed by atoms with van der Waals surface area (Å²) in [5.41, 5.74) is 4.57. The number of nitrogens with one attached hydrogen (secondary N) is 1. The molecule has 5 nitrogen and oxygen atoms in total. The van der Waals surface area contributed by atoms with E-state index >= 15 is 0 Å². The van der Waals surface area contributed by atoms with Gasteiger partial charge in [0.15, 0.2) is 5.13 Å². The molecule has 0 atom stereocenters. The van der Waals surface area contributed by atoms with Crippen molar-refractivity contribution in [3.05, 3.63) is 75.8 Å². The molecule has 0 aliphatic rings. The summed E-state index contributed by atoms with van der Waals surface area (Å²) in [5, 5.41) is 9.85. The molecule has 158 valence electrons. The van der Waals surface area contributed by atoms with Gasteiger partial charge in [-0.1, -0.05) is 80.0 Å². The number of benzene rings is 2. The number of rotatable bonds is 4. The van der Waals surface area contributed by atoms with Crippen LogP contribution < -0.4 is 5.32 Å². The van der Waals surface area contributed by atoms with E-state index in [0.29, 0.717) is 32.7 Å². The molecule has 0 unspecified atom stereocenters. The quantitative estimate of drug-likeness (QED) is 0.363. The highest BCUT2D eigenvalue weighted by Gasteiger charge is 2.24. The zero-order valence-corrected chi connectivity index (χ0v) is 19.3. The van der Waals surface area contributed by atoms with Crippen molar-refractivity contribution in [2.45, 2.75) is 33.1 Å². The van der Waals surface area contributed by atoms with Gasteiger partial charge in [-0.15, -0.1) is 11.3 Å². The average molecular weight is 452 g/mol. The van der Waals surface area contributed by atoms with Crippen LogP contribution in [-0.2, 0) is 5.41 Å². The minimum Gasteiger partial charge on any atom is -0.360 e. The summed E-state index contributed by atoms with van der Waals surface area (Å²) in [7, 11) is 0. The molecule has 4 aromatic rings. The van der Waals surface area contributed by atoms with Gasteiger partial charge in [-0.25, -0.2) is 4.98 Å². The van der Waals surface area contributed by atoms with Crippen LogP contribution in [0.25, 0.3) is 22.5 Å². The molecule has 7 heteroatoms. The predicted molar refractivity (Wildman–Crippen MR) is 126 cm³/mol. The maximum Gasteiger partial charge on any atom is 0.263 e. The molecule has 1 N–H and O–H groups in total. The first kappa shape index (κ1) is 21.3. The molecule has 0 saturated heterocycles. The van der Waals surface area contributed by atoms with Crippen LogP contribution in [0.15, 0.2) is 58.4 Å². The number of thiazole rings is 1. The lowest BCUT2D eigenvalue weighted by Crippen LogP contribution is -2.13. The Kier molecular flexibility index (Phi) is 5.69. The number of aromatic nitrogens is 2. The zero-order chi connectivity index (χ0) is 22.2. The van der Waals surface area contributed by atoms with Crippen LogP contribution >= 0.6 is 22.9 Å². The molecule has 0 bridgehead atoms. The molecule has 1 amide bonds. The van der Waals surface area contributed by atoms with Gasteiger partial charge in [0.25, 0.3) is 5.91 Å². The standard InChI is InChI=1S/C24H22ClN3O2S/c1-14-20(21(28-30-14)17-7-5-6-8-18(17)25)22(29)27-23-26-19(13-31-23)15-9-11-16(12-10-15)24(2,3)4/h5-13H,1-4H3,(H,26,27,29). The summed E-state index contributed by atoms with van der Waals surface area (Å²) >= 11 is 7.66. The summed E-state index contributed by atoms with van der Waals surface area (Å²) in [4.78, 5) is 17.6. The first-order valence-corrected chi connectivity index (χ1v) is 11.1. The smallest absolute Gasteiger partial charge is 0.263 e. The van der Waals surface area contributed by atoms with Gasteiger partial charge < -0.3 is 4.52 Å². The number of hydrogen-bond acceptors (Lipinski definition) is 5. The van der Waals surface area contributed by atoms with E-state index in [4.69, 9.17) is 16.1 Å². The second kappa shape index (κ2) is 8.29. The molecule has 0 aliphatic heterocycles. The third-order valence-electron chi connectivity index (χ3n) is 4.99. The molecule has 2 heterocycles. The first-order chi connectivity index (χ1) is 14.7. The lowest BCUT2D eigenvalue weighted by molar-refractivity contribution is 0.102. The summed E-state index contributed by atoms with van der Waals surface area (Å²) < 4.78 is 5.29. The minimum absolute atomic E-state index is 0.0928. The lowest BCUT2D eigenvalue weighted by atomic mass is 9.86. The second-order valence-corrected chi connectivity index (χ2v) is 9.53. The highest BCUT2D eigenvalue weighted by Crippen LogP contribution is 2.32. The van der Waals surface area contributed by atoms with E-state index in [9.17, 15) is 4.79 Å². The molecular weight excluding hydrogens is 430 g/mol. The van der Waals surface area contributed by atoms with Crippen molar-refractivity contribution in [2.24, 2.45) is 0 Å². The van der Waals surface area contributed by atoms with Crippen LogP contribution in [0.5, 0.6) is 0 Å². The Morgan fingerprint density at radius 1 is 1.10 bits per heavy atom. The monoisotopic (exact) mass is 451 g/mol.